The molecule has 0 bridgehead atoms. The van der Waals surface area contributed by atoms with E-state index in [-0.39, 0.29) is 18.4 Å². The number of nitrogens with zero attached hydrogens (tertiary/aromatic N) is 1. The summed E-state index contributed by atoms with van der Waals surface area (Å²) in [4.78, 5) is 50.8. The summed E-state index contributed by atoms with van der Waals surface area (Å²) >= 11 is 0. The number of nitrogens with two attached hydrogens (primary N) is 1. The molecular formula is C23H24N4O4. The highest BCUT2D eigenvalue weighted by Gasteiger charge is 2.45. The molecule has 2 aliphatic heterocycles. The van der Waals surface area contributed by atoms with Gasteiger partial charge in [0.15, 0.2) is 0 Å². The Morgan fingerprint density at radius 3 is 2.55 bits per heavy atom. The minimum Gasteiger partial charge on any atom is -0.381 e. The monoisotopic (exact) mass is 420 g/mol. The lowest BCUT2D eigenvalue weighted by molar-refractivity contribution is -0.136. The van der Waals surface area contributed by atoms with E-state index in [9.17, 15) is 19.2 Å². The van der Waals surface area contributed by atoms with Gasteiger partial charge in [-0.1, -0.05) is 30.3 Å². The average molecular weight is 420 g/mol. The molecule has 1 atom stereocenters. The van der Waals surface area contributed by atoms with Crippen LogP contribution in [0.4, 0.5) is 5.69 Å². The van der Waals surface area contributed by atoms with Gasteiger partial charge in [-0.15, -0.1) is 0 Å². The lowest BCUT2D eigenvalue weighted by Crippen LogP contribution is -2.54. The third-order valence-electron chi connectivity index (χ3n) is 5.69. The van der Waals surface area contributed by atoms with Gasteiger partial charge in [0.05, 0.1) is 11.1 Å². The normalized spacial score (nSPS) is 18.2. The third kappa shape index (κ3) is 3.94. The number of benzene rings is 2. The zero-order chi connectivity index (χ0) is 22.0. The van der Waals surface area contributed by atoms with Crippen LogP contribution in [-0.4, -0.2) is 41.1 Å². The van der Waals surface area contributed by atoms with Crippen molar-refractivity contribution in [3.63, 3.8) is 0 Å². The zero-order valence-corrected chi connectivity index (χ0v) is 17.0. The summed E-state index contributed by atoms with van der Waals surface area (Å²) in [5.74, 6) is -2.00. The van der Waals surface area contributed by atoms with Crippen LogP contribution in [-0.2, 0) is 22.6 Å². The fourth-order valence-electron chi connectivity index (χ4n) is 4.13. The summed E-state index contributed by atoms with van der Waals surface area (Å²) < 4.78 is 0. The minimum absolute atomic E-state index is 0.0950. The molecule has 0 saturated carbocycles. The zero-order valence-electron chi connectivity index (χ0n) is 17.0. The fourth-order valence-corrected chi connectivity index (χ4v) is 4.13. The van der Waals surface area contributed by atoms with Crippen molar-refractivity contribution < 1.29 is 19.2 Å². The van der Waals surface area contributed by atoms with Crippen molar-refractivity contribution in [2.24, 2.45) is 5.73 Å². The van der Waals surface area contributed by atoms with Crippen LogP contribution in [0.5, 0.6) is 0 Å². The summed E-state index contributed by atoms with van der Waals surface area (Å²) in [5, 5.41) is 5.58. The maximum Gasteiger partial charge on any atom is 0.262 e. The predicted octanol–water partition coefficient (Wildman–Crippen LogP) is 1.59. The number of hydrogen-bond acceptors (Lipinski definition) is 6. The van der Waals surface area contributed by atoms with Gasteiger partial charge in [0.1, 0.15) is 6.04 Å². The van der Waals surface area contributed by atoms with Crippen molar-refractivity contribution in [2.45, 2.75) is 38.3 Å². The highest BCUT2D eigenvalue weighted by Crippen LogP contribution is 2.30. The van der Waals surface area contributed by atoms with E-state index in [0.717, 1.165) is 29.0 Å². The molecule has 1 unspecified atom stereocenters. The predicted molar refractivity (Wildman–Crippen MR) is 114 cm³/mol. The van der Waals surface area contributed by atoms with Gasteiger partial charge in [0, 0.05) is 18.7 Å². The maximum atomic E-state index is 13.2. The van der Waals surface area contributed by atoms with Crippen molar-refractivity contribution in [3.8, 4) is 0 Å². The van der Waals surface area contributed by atoms with Crippen LogP contribution in [0.15, 0.2) is 42.5 Å². The van der Waals surface area contributed by atoms with E-state index in [1.54, 1.807) is 18.2 Å². The standard InChI is InChI=1S/C23H24N4O4/c24-12-4-7-14-5-1-2-9-17(14)25-13-15-6-3-8-16-20(15)23(31)27(22(16)30)18-10-11-19(28)26-21(18)29/h1-3,5-6,8-9,18,25H,4,7,10-13,24H2,(H,26,28,29). The third-order valence-corrected chi connectivity index (χ3v) is 5.69. The number of anilines is 1. The van der Waals surface area contributed by atoms with Crippen molar-refractivity contribution >= 4 is 29.3 Å². The average Bonchev–Trinajstić information content (AvgIpc) is 3.02. The molecule has 2 aromatic rings. The first kappa shape index (κ1) is 20.7. The second-order valence-electron chi connectivity index (χ2n) is 7.69. The van der Waals surface area contributed by atoms with E-state index < -0.39 is 29.7 Å². The molecule has 0 aliphatic carbocycles. The molecule has 4 rings (SSSR count). The molecule has 1 fully saturated rings. The van der Waals surface area contributed by atoms with Gasteiger partial charge >= 0.3 is 0 Å². The Kier molecular flexibility index (Phi) is 5.81. The summed E-state index contributed by atoms with van der Waals surface area (Å²) in [7, 11) is 0. The quantitative estimate of drug-likeness (QED) is 0.585. The molecule has 8 heteroatoms. The number of para-hydroxylation sites is 1. The first-order valence-corrected chi connectivity index (χ1v) is 10.4. The minimum atomic E-state index is -0.970. The van der Waals surface area contributed by atoms with Crippen LogP contribution < -0.4 is 16.4 Å². The first-order valence-electron chi connectivity index (χ1n) is 10.4. The van der Waals surface area contributed by atoms with E-state index in [0.29, 0.717) is 24.2 Å². The second kappa shape index (κ2) is 8.69. The summed E-state index contributed by atoms with van der Waals surface area (Å²) in [5.41, 5.74) is 8.99. The number of aryl methyl sites for hydroxylation is 1. The smallest absolute Gasteiger partial charge is 0.262 e. The number of hydrogen-bond donors (Lipinski definition) is 3. The van der Waals surface area contributed by atoms with E-state index in [4.69, 9.17) is 5.73 Å². The first-order chi connectivity index (χ1) is 15.0. The molecule has 2 aliphatic rings. The number of nitrogens with one attached hydrogen (secondary N) is 2. The second-order valence-corrected chi connectivity index (χ2v) is 7.69. The number of carbonyl (C=O) groups is 4. The Hall–Kier alpha value is -3.52. The van der Waals surface area contributed by atoms with Gasteiger partial charge in [0.2, 0.25) is 11.8 Å². The van der Waals surface area contributed by atoms with Crippen molar-refractivity contribution in [2.75, 3.05) is 11.9 Å². The molecule has 2 heterocycles. The number of fused-ring (bicyclic) bond motifs is 1. The molecule has 8 nitrogen and oxygen atoms in total. The van der Waals surface area contributed by atoms with Gasteiger partial charge in [-0.2, -0.15) is 0 Å². The largest absolute Gasteiger partial charge is 0.381 e. The van der Waals surface area contributed by atoms with Crippen molar-refractivity contribution in [1.29, 1.82) is 0 Å². The highest BCUT2D eigenvalue weighted by molar-refractivity contribution is 6.24. The molecular weight excluding hydrogens is 396 g/mol. The summed E-state index contributed by atoms with van der Waals surface area (Å²) in [6.07, 6.45) is 1.94. The van der Waals surface area contributed by atoms with Crippen LogP contribution in [0.3, 0.4) is 0 Å². The number of amides is 4. The number of carbonyl (C=O) groups excluding carboxylic acids is 4. The molecule has 0 radical (unpaired) electrons. The Labute approximate surface area is 179 Å². The van der Waals surface area contributed by atoms with Gasteiger partial charge in [0.25, 0.3) is 11.8 Å². The number of rotatable bonds is 7. The van der Waals surface area contributed by atoms with Gasteiger partial charge in [-0.25, -0.2) is 0 Å². The number of imide groups is 2. The lowest BCUT2D eigenvalue weighted by atomic mass is 10.0. The Balaban J connectivity index is 1.57. The molecule has 4 amide bonds. The topological polar surface area (TPSA) is 122 Å². The van der Waals surface area contributed by atoms with Crippen LogP contribution in [0.25, 0.3) is 0 Å². The van der Waals surface area contributed by atoms with E-state index in [1.165, 1.54) is 0 Å². The maximum absolute atomic E-state index is 13.2. The molecule has 31 heavy (non-hydrogen) atoms. The Morgan fingerprint density at radius 2 is 1.77 bits per heavy atom. The fraction of sp³-hybridized carbons (Fsp3) is 0.304. The summed E-state index contributed by atoms with van der Waals surface area (Å²) in [6.45, 7) is 0.957. The van der Waals surface area contributed by atoms with Crippen molar-refractivity contribution in [3.05, 3.63) is 64.7 Å². The molecule has 0 aromatic heterocycles. The molecule has 1 saturated heterocycles. The highest BCUT2D eigenvalue weighted by atomic mass is 16.2. The SMILES string of the molecule is NCCCc1ccccc1NCc1cccc2c1C(=O)N(C1CCC(=O)NC1=O)C2=O. The Morgan fingerprint density at radius 1 is 1.00 bits per heavy atom. The van der Waals surface area contributed by atoms with Crippen molar-refractivity contribution in [1.82, 2.24) is 10.2 Å². The molecule has 160 valence electrons. The molecule has 4 N–H and O–H groups in total. The van der Waals surface area contributed by atoms with E-state index >= 15 is 0 Å². The van der Waals surface area contributed by atoms with Gasteiger partial charge in [-0.3, -0.25) is 29.4 Å². The Bertz CT molecular complexity index is 1070. The van der Waals surface area contributed by atoms with Crippen LogP contribution in [0.2, 0.25) is 0 Å². The lowest BCUT2D eigenvalue weighted by Gasteiger charge is -2.27. The van der Waals surface area contributed by atoms with Crippen LogP contribution in [0, 0.1) is 0 Å². The van der Waals surface area contributed by atoms with E-state index in [2.05, 4.69) is 10.6 Å². The van der Waals surface area contributed by atoms with Gasteiger partial charge in [-0.05, 0) is 49.1 Å². The number of piperidine rings is 1. The van der Waals surface area contributed by atoms with Crippen LogP contribution >= 0.6 is 0 Å². The molecule has 2 aromatic carbocycles. The van der Waals surface area contributed by atoms with E-state index in [1.807, 2.05) is 24.3 Å². The summed E-state index contributed by atoms with van der Waals surface area (Å²) in [6, 6.07) is 12.1. The van der Waals surface area contributed by atoms with Gasteiger partial charge < -0.3 is 11.1 Å². The molecule has 0 spiro atoms. The van der Waals surface area contributed by atoms with Crippen LogP contribution in [0.1, 0.15) is 51.1 Å².